The van der Waals surface area contributed by atoms with Crippen LogP contribution in [0.2, 0.25) is 0 Å². The van der Waals surface area contributed by atoms with Crippen molar-refractivity contribution in [1.82, 2.24) is 10.2 Å². The van der Waals surface area contributed by atoms with Crippen LogP contribution in [0.1, 0.15) is 18.9 Å². The molecule has 0 heterocycles. The Labute approximate surface area is 140 Å². The Balaban J connectivity index is 2.12. The number of halogens is 2. The predicted molar refractivity (Wildman–Crippen MR) is 87.9 cm³/mol. The summed E-state index contributed by atoms with van der Waals surface area (Å²) < 4.78 is -1.05. The molecule has 0 bridgehead atoms. The van der Waals surface area contributed by atoms with E-state index in [2.05, 4.69) is 5.32 Å². The molecule has 0 saturated heterocycles. The highest BCUT2D eigenvalue weighted by molar-refractivity contribution is 6.53. The first-order chi connectivity index (χ1) is 10.2. The summed E-state index contributed by atoms with van der Waals surface area (Å²) in [5.41, 5.74) is 0.143. The molecular formula is C16H20Cl2N2O2. The molecule has 0 aliphatic heterocycles. The van der Waals surface area contributed by atoms with Gasteiger partial charge in [0.2, 0.25) is 11.8 Å². The minimum absolute atomic E-state index is 0.156. The van der Waals surface area contributed by atoms with E-state index in [4.69, 9.17) is 23.2 Å². The van der Waals surface area contributed by atoms with E-state index in [0.717, 1.165) is 5.56 Å². The van der Waals surface area contributed by atoms with Gasteiger partial charge in [0, 0.05) is 20.5 Å². The van der Waals surface area contributed by atoms with E-state index in [-0.39, 0.29) is 11.8 Å². The molecule has 120 valence electrons. The monoisotopic (exact) mass is 342 g/mol. The number of hydrogen-bond donors (Lipinski definition) is 1. The number of alkyl halides is 2. The maximum absolute atomic E-state index is 12.4. The average molecular weight is 343 g/mol. The Morgan fingerprint density at radius 3 is 2.27 bits per heavy atom. The van der Waals surface area contributed by atoms with Gasteiger partial charge in [-0.15, -0.1) is 23.2 Å². The Morgan fingerprint density at radius 2 is 1.82 bits per heavy atom. The van der Waals surface area contributed by atoms with Crippen LogP contribution in [0.4, 0.5) is 0 Å². The minimum Gasteiger partial charge on any atom is -0.347 e. The molecule has 1 N–H and O–H groups in total. The molecule has 2 rings (SSSR count). The summed E-state index contributed by atoms with van der Waals surface area (Å²) in [5.74, 6) is -0.440. The first-order valence-corrected chi connectivity index (χ1v) is 7.87. The van der Waals surface area contributed by atoms with Gasteiger partial charge in [0.05, 0.1) is 5.41 Å². The largest absolute Gasteiger partial charge is 0.347 e. The number of nitrogens with one attached hydrogen (secondary N) is 1. The zero-order chi connectivity index (χ0) is 16.5. The zero-order valence-corrected chi connectivity index (χ0v) is 14.4. The summed E-state index contributed by atoms with van der Waals surface area (Å²) in [4.78, 5) is 26.2. The normalized spacial score (nSPS) is 23.5. The first kappa shape index (κ1) is 17.1. The molecule has 0 aromatic heterocycles. The van der Waals surface area contributed by atoms with Crippen molar-refractivity contribution < 1.29 is 9.59 Å². The van der Waals surface area contributed by atoms with E-state index in [9.17, 15) is 9.59 Å². The number of amides is 2. The summed E-state index contributed by atoms with van der Waals surface area (Å²) in [6, 6.07) is 8.93. The van der Waals surface area contributed by atoms with Crippen molar-refractivity contribution in [2.45, 2.75) is 30.1 Å². The average Bonchev–Trinajstić information content (AvgIpc) is 2.98. The SMILES string of the molecule is CN(C)C(=O)[C@@H](Cc1ccccc1)NC(=O)[C@@]1(C)CC1(Cl)Cl. The molecule has 22 heavy (non-hydrogen) atoms. The minimum atomic E-state index is -1.05. The smallest absolute Gasteiger partial charge is 0.244 e. The van der Waals surface area contributed by atoms with E-state index in [1.807, 2.05) is 30.3 Å². The summed E-state index contributed by atoms with van der Waals surface area (Å²) in [5, 5.41) is 2.81. The molecule has 1 aliphatic carbocycles. The number of carbonyl (C=O) groups is 2. The van der Waals surface area contributed by atoms with Gasteiger partial charge in [-0.1, -0.05) is 30.3 Å². The standard InChI is InChI=1S/C16H20Cl2N2O2/c1-15(10-16(15,17)18)14(22)19-12(13(21)20(2)3)9-11-7-5-4-6-8-11/h4-8,12H,9-10H2,1-3H3,(H,19,22)/t12-,15-/m1/s1. The molecule has 0 radical (unpaired) electrons. The maximum atomic E-state index is 12.4. The van der Waals surface area contributed by atoms with Gasteiger partial charge in [0.15, 0.2) is 0 Å². The summed E-state index contributed by atoms with van der Waals surface area (Å²) in [6.07, 6.45) is 0.820. The molecule has 0 spiro atoms. The number of carbonyl (C=O) groups excluding carboxylic acids is 2. The molecule has 2 amide bonds. The molecule has 2 atom stereocenters. The van der Waals surface area contributed by atoms with Crippen LogP contribution in [-0.4, -0.2) is 41.2 Å². The second kappa shape index (κ2) is 6.09. The van der Waals surface area contributed by atoms with Crippen LogP contribution in [0.3, 0.4) is 0 Å². The molecule has 4 nitrogen and oxygen atoms in total. The first-order valence-electron chi connectivity index (χ1n) is 7.11. The Morgan fingerprint density at radius 1 is 1.27 bits per heavy atom. The summed E-state index contributed by atoms with van der Waals surface area (Å²) >= 11 is 12.1. The summed E-state index contributed by atoms with van der Waals surface area (Å²) in [6.45, 7) is 1.71. The van der Waals surface area contributed by atoms with Gasteiger partial charge in [-0.2, -0.15) is 0 Å². The molecule has 6 heteroatoms. The van der Waals surface area contributed by atoms with Gasteiger partial charge >= 0.3 is 0 Å². The van der Waals surface area contributed by atoms with Crippen LogP contribution >= 0.6 is 23.2 Å². The molecule has 0 unspecified atom stereocenters. The lowest BCUT2D eigenvalue weighted by atomic mass is 10.0. The third-order valence-electron chi connectivity index (χ3n) is 4.09. The fraction of sp³-hybridized carbons (Fsp3) is 0.500. The quantitative estimate of drug-likeness (QED) is 0.835. The number of benzene rings is 1. The van der Waals surface area contributed by atoms with Crippen LogP contribution in [0.15, 0.2) is 30.3 Å². The van der Waals surface area contributed by atoms with Crippen molar-refractivity contribution in [1.29, 1.82) is 0 Å². The summed E-state index contributed by atoms with van der Waals surface area (Å²) in [7, 11) is 3.33. The lowest BCUT2D eigenvalue weighted by Gasteiger charge is -2.24. The Hall–Kier alpha value is -1.26. The molecule has 1 aromatic rings. The third-order valence-corrected chi connectivity index (χ3v) is 5.19. The topological polar surface area (TPSA) is 49.4 Å². The van der Waals surface area contributed by atoms with Gasteiger partial charge in [-0.3, -0.25) is 9.59 Å². The molecule has 1 aromatic carbocycles. The highest BCUT2D eigenvalue weighted by Gasteiger charge is 2.68. The number of hydrogen-bond acceptors (Lipinski definition) is 2. The maximum Gasteiger partial charge on any atom is 0.244 e. The van der Waals surface area contributed by atoms with Crippen molar-refractivity contribution >= 4 is 35.0 Å². The van der Waals surface area contributed by atoms with Crippen LogP contribution in [0.5, 0.6) is 0 Å². The van der Waals surface area contributed by atoms with E-state index in [0.29, 0.717) is 12.8 Å². The fourth-order valence-electron chi connectivity index (χ4n) is 2.33. The molecule has 1 aliphatic rings. The number of nitrogens with zero attached hydrogens (tertiary/aromatic N) is 1. The fourth-order valence-corrected chi connectivity index (χ4v) is 3.03. The predicted octanol–water partition coefficient (Wildman–Crippen LogP) is 2.39. The molecule has 1 saturated carbocycles. The molecule has 1 fully saturated rings. The lowest BCUT2D eigenvalue weighted by molar-refractivity contribution is -0.135. The van der Waals surface area contributed by atoms with Crippen LogP contribution in [-0.2, 0) is 16.0 Å². The van der Waals surface area contributed by atoms with Gasteiger partial charge in [0.1, 0.15) is 10.4 Å². The van der Waals surface area contributed by atoms with Gasteiger partial charge in [0.25, 0.3) is 0 Å². The van der Waals surface area contributed by atoms with E-state index in [1.54, 1.807) is 21.0 Å². The van der Waals surface area contributed by atoms with Gasteiger partial charge in [-0.05, 0) is 18.9 Å². The Kier molecular flexibility index (Phi) is 4.73. The van der Waals surface area contributed by atoms with Crippen LogP contribution < -0.4 is 5.32 Å². The Bertz CT molecular complexity index is 575. The van der Waals surface area contributed by atoms with Crippen molar-refractivity contribution in [2.24, 2.45) is 5.41 Å². The van der Waals surface area contributed by atoms with Crippen LogP contribution in [0.25, 0.3) is 0 Å². The van der Waals surface area contributed by atoms with E-state index >= 15 is 0 Å². The highest BCUT2D eigenvalue weighted by Crippen LogP contribution is 2.63. The van der Waals surface area contributed by atoms with Crippen molar-refractivity contribution in [2.75, 3.05) is 14.1 Å². The van der Waals surface area contributed by atoms with Crippen LogP contribution in [0, 0.1) is 5.41 Å². The number of likely N-dealkylation sites (N-methyl/N-ethyl adjacent to an activating group) is 1. The number of rotatable bonds is 5. The van der Waals surface area contributed by atoms with Crippen molar-refractivity contribution in [3.63, 3.8) is 0 Å². The van der Waals surface area contributed by atoms with Crippen molar-refractivity contribution in [3.8, 4) is 0 Å². The highest BCUT2D eigenvalue weighted by atomic mass is 35.5. The third kappa shape index (κ3) is 3.39. The van der Waals surface area contributed by atoms with Crippen molar-refractivity contribution in [3.05, 3.63) is 35.9 Å². The second-order valence-corrected chi connectivity index (χ2v) is 7.65. The van der Waals surface area contributed by atoms with Gasteiger partial charge in [-0.25, -0.2) is 0 Å². The lowest BCUT2D eigenvalue weighted by Crippen LogP contribution is -2.50. The zero-order valence-electron chi connectivity index (χ0n) is 12.9. The molecular weight excluding hydrogens is 323 g/mol. The van der Waals surface area contributed by atoms with E-state index in [1.165, 1.54) is 4.90 Å². The van der Waals surface area contributed by atoms with Gasteiger partial charge < -0.3 is 10.2 Å². The second-order valence-electron chi connectivity index (χ2n) is 6.16. The van der Waals surface area contributed by atoms with E-state index < -0.39 is 15.8 Å².